The normalized spacial score (nSPS) is 15.6. The number of rotatable bonds is 22. The molecule has 0 aromatic carbocycles. The maximum absolute atomic E-state index is 13.1. The number of nitrogens with one attached hydrogen (secondary N) is 3. The van der Waals surface area contributed by atoms with E-state index < -0.39 is 61.9 Å². The second-order valence-electron chi connectivity index (χ2n) is 12.3. The summed E-state index contributed by atoms with van der Waals surface area (Å²) in [6, 6.07) is -3.21. The van der Waals surface area contributed by atoms with E-state index in [0.717, 1.165) is 31.3 Å². The van der Waals surface area contributed by atoms with Gasteiger partial charge in [0.1, 0.15) is 24.7 Å². The Balaban J connectivity index is 5.09. The monoisotopic (exact) mass is 673 g/mol. The maximum atomic E-state index is 13.1. The van der Waals surface area contributed by atoms with Crippen LogP contribution in [-0.2, 0) is 28.3 Å². The molecule has 45 heavy (non-hydrogen) atoms. The molecule has 11 nitrogen and oxygen atoms in total. The second-order valence-corrected chi connectivity index (χ2v) is 15.1. The smallest absolute Gasteiger partial charge is 0.332 e. The minimum absolute atomic E-state index is 0.226. The van der Waals surface area contributed by atoms with Gasteiger partial charge in [-0.05, 0) is 83.6 Å². The summed E-state index contributed by atoms with van der Waals surface area (Å²) < 4.78 is 17.6. The predicted octanol–water partition coefficient (Wildman–Crippen LogP) is 5.21. The largest absolute Gasteiger partial charge is 0.480 e. The Morgan fingerprint density at radius 2 is 1.33 bits per heavy atom. The number of allylic oxidation sites excluding steroid dienone is 6. The van der Waals surface area contributed by atoms with Crippen LogP contribution in [0.1, 0.15) is 87.5 Å². The molecule has 0 fully saturated rings. The fourth-order valence-corrected chi connectivity index (χ4v) is 5.54. The van der Waals surface area contributed by atoms with Crippen molar-refractivity contribution in [1.82, 2.24) is 16.0 Å². The number of hydrogen-bond donors (Lipinski definition) is 5. The van der Waals surface area contributed by atoms with Crippen LogP contribution in [0.4, 0.5) is 0 Å². The number of amides is 3. The lowest BCUT2D eigenvalue weighted by molar-refractivity contribution is -0.142. The van der Waals surface area contributed by atoms with Crippen molar-refractivity contribution >= 4 is 43.0 Å². The fraction of sp³-hybridized carbons (Fsp3) is 0.688. The summed E-state index contributed by atoms with van der Waals surface area (Å²) >= 11 is 1.45. The van der Waals surface area contributed by atoms with E-state index in [9.17, 15) is 33.7 Å². The van der Waals surface area contributed by atoms with E-state index in [1.807, 2.05) is 13.2 Å². The summed E-state index contributed by atoms with van der Waals surface area (Å²) in [6.07, 6.45) is 11.4. The van der Waals surface area contributed by atoms with Crippen LogP contribution in [0.25, 0.3) is 0 Å². The van der Waals surface area contributed by atoms with Gasteiger partial charge >= 0.3 is 13.6 Å². The van der Waals surface area contributed by atoms with E-state index in [0.29, 0.717) is 5.75 Å². The molecule has 0 saturated carbocycles. The first-order chi connectivity index (χ1) is 20.9. The molecule has 0 aromatic rings. The molecule has 0 rings (SSSR count). The van der Waals surface area contributed by atoms with Gasteiger partial charge in [-0.2, -0.15) is 11.8 Å². The molecular weight excluding hydrogens is 617 g/mol. The number of aliphatic carboxylic acids is 1. The van der Waals surface area contributed by atoms with Crippen molar-refractivity contribution in [2.24, 2.45) is 11.8 Å². The SMILES string of the molecule is CSCC[C@H](NC(=O)[C@@H](NC(=O)[C@@H](NC(=O)COP(=O)(O)C/C=C(\C)CC/C=C(\C)CCC=C(C)C)C(C)C)C(C)C)C(=O)O. The minimum atomic E-state index is -4.11. The number of hydrogen-bond acceptors (Lipinski definition) is 7. The molecular formula is C32H56N3O8PS. The summed E-state index contributed by atoms with van der Waals surface area (Å²) in [5, 5.41) is 17.1. The first-order valence-electron chi connectivity index (χ1n) is 15.4. The summed E-state index contributed by atoms with van der Waals surface area (Å²) in [7, 11) is -4.11. The summed E-state index contributed by atoms with van der Waals surface area (Å²) in [6.45, 7) is 14.2. The Hall–Kier alpha value is -2.40. The number of carboxylic acids is 1. The summed E-state index contributed by atoms with van der Waals surface area (Å²) in [4.78, 5) is 60.5. The van der Waals surface area contributed by atoms with Gasteiger partial charge in [-0.15, -0.1) is 0 Å². The lowest BCUT2D eigenvalue weighted by atomic mass is 9.99. The average molecular weight is 674 g/mol. The first kappa shape index (κ1) is 42.6. The number of carbonyl (C=O) groups excluding carboxylic acids is 3. The predicted molar refractivity (Wildman–Crippen MR) is 182 cm³/mol. The molecule has 13 heteroatoms. The molecule has 3 amide bonds. The fourth-order valence-electron chi connectivity index (χ4n) is 4.10. The van der Waals surface area contributed by atoms with Gasteiger partial charge in [-0.1, -0.05) is 62.6 Å². The third-order valence-electron chi connectivity index (χ3n) is 6.93. The van der Waals surface area contributed by atoms with Crippen LogP contribution in [0.5, 0.6) is 0 Å². The van der Waals surface area contributed by atoms with Gasteiger partial charge < -0.3 is 26.0 Å². The molecule has 4 atom stereocenters. The van der Waals surface area contributed by atoms with Crippen LogP contribution in [0, 0.1) is 11.8 Å². The molecule has 0 aliphatic rings. The van der Waals surface area contributed by atoms with E-state index >= 15 is 0 Å². The van der Waals surface area contributed by atoms with Gasteiger partial charge in [-0.25, -0.2) is 4.79 Å². The molecule has 258 valence electrons. The van der Waals surface area contributed by atoms with Crippen molar-refractivity contribution in [1.29, 1.82) is 0 Å². The zero-order chi connectivity index (χ0) is 34.7. The minimum Gasteiger partial charge on any atom is -0.480 e. The first-order valence-corrected chi connectivity index (χ1v) is 18.6. The molecule has 0 bridgehead atoms. The van der Waals surface area contributed by atoms with Gasteiger partial charge in [0, 0.05) is 0 Å². The van der Waals surface area contributed by atoms with Crippen LogP contribution in [-0.4, -0.2) is 76.6 Å². The lowest BCUT2D eigenvalue weighted by Crippen LogP contribution is -2.58. The van der Waals surface area contributed by atoms with Crippen molar-refractivity contribution in [3.8, 4) is 0 Å². The molecule has 0 aromatic heterocycles. The van der Waals surface area contributed by atoms with Crippen LogP contribution in [0.3, 0.4) is 0 Å². The molecule has 0 aliphatic carbocycles. The van der Waals surface area contributed by atoms with E-state index in [1.54, 1.807) is 33.8 Å². The van der Waals surface area contributed by atoms with Gasteiger partial charge in [0.2, 0.25) is 17.7 Å². The lowest BCUT2D eigenvalue weighted by Gasteiger charge is -2.28. The third-order valence-corrected chi connectivity index (χ3v) is 8.75. The Morgan fingerprint density at radius 3 is 1.84 bits per heavy atom. The highest BCUT2D eigenvalue weighted by atomic mass is 32.2. The topological polar surface area (TPSA) is 171 Å². The standard InChI is InChI=1S/C32H56N3O8PS/c1-21(2)12-10-13-24(7)14-11-15-25(8)16-18-44(41,42)43-20-27(36)34-28(22(3)4)31(38)35-29(23(5)6)30(37)33-26(32(39)40)17-19-45-9/h12,14,16,22-23,26,28-29H,10-11,13,15,17-20H2,1-9H3,(H,33,37)(H,34,36)(H,35,38)(H,39,40)(H,41,42)/b24-14+,25-16+/t26-,28-,29-/m0/s1. The average Bonchev–Trinajstić information content (AvgIpc) is 2.93. The van der Waals surface area contributed by atoms with Crippen molar-refractivity contribution in [3.63, 3.8) is 0 Å². The third kappa shape index (κ3) is 19.7. The van der Waals surface area contributed by atoms with Gasteiger partial charge in [0.25, 0.3) is 0 Å². The Bertz CT molecular complexity index is 1120. The molecule has 0 saturated heterocycles. The summed E-state index contributed by atoms with van der Waals surface area (Å²) in [5.74, 6) is -3.45. The van der Waals surface area contributed by atoms with E-state index in [4.69, 9.17) is 4.52 Å². The zero-order valence-electron chi connectivity index (χ0n) is 28.5. The molecule has 0 heterocycles. The van der Waals surface area contributed by atoms with Crippen molar-refractivity contribution in [2.45, 2.75) is 106 Å². The van der Waals surface area contributed by atoms with Crippen molar-refractivity contribution < 1.29 is 38.3 Å². The van der Waals surface area contributed by atoms with E-state index in [-0.39, 0.29) is 18.5 Å². The highest BCUT2D eigenvalue weighted by Gasteiger charge is 2.32. The highest BCUT2D eigenvalue weighted by Crippen LogP contribution is 2.42. The summed E-state index contributed by atoms with van der Waals surface area (Å²) in [5.41, 5.74) is 3.53. The Labute approximate surface area is 274 Å². The van der Waals surface area contributed by atoms with Crippen LogP contribution in [0.15, 0.2) is 34.9 Å². The molecule has 5 N–H and O–H groups in total. The van der Waals surface area contributed by atoms with Crippen LogP contribution >= 0.6 is 19.4 Å². The molecule has 0 aliphatic heterocycles. The Morgan fingerprint density at radius 1 is 0.822 bits per heavy atom. The number of thioether (sulfide) groups is 1. The zero-order valence-corrected chi connectivity index (χ0v) is 30.2. The van der Waals surface area contributed by atoms with Gasteiger partial charge in [0.05, 0.1) is 6.16 Å². The van der Waals surface area contributed by atoms with Crippen molar-refractivity contribution in [3.05, 3.63) is 34.9 Å². The van der Waals surface area contributed by atoms with Crippen LogP contribution in [0.2, 0.25) is 0 Å². The second kappa shape index (κ2) is 22.2. The highest BCUT2D eigenvalue weighted by molar-refractivity contribution is 7.98. The number of carbonyl (C=O) groups is 4. The van der Waals surface area contributed by atoms with E-state index in [2.05, 4.69) is 48.9 Å². The van der Waals surface area contributed by atoms with Gasteiger partial charge in [-0.3, -0.25) is 23.5 Å². The molecule has 0 spiro atoms. The molecule has 0 radical (unpaired) electrons. The molecule has 1 unspecified atom stereocenters. The van der Waals surface area contributed by atoms with E-state index in [1.165, 1.54) is 22.9 Å². The van der Waals surface area contributed by atoms with Crippen LogP contribution < -0.4 is 16.0 Å². The quantitative estimate of drug-likeness (QED) is 0.0764. The Kier molecular flexibility index (Phi) is 21.0. The number of carboxylic acid groups (broad SMARTS) is 1. The maximum Gasteiger partial charge on any atom is 0.332 e. The van der Waals surface area contributed by atoms with Crippen molar-refractivity contribution in [2.75, 3.05) is 24.8 Å². The van der Waals surface area contributed by atoms with Gasteiger partial charge in [0.15, 0.2) is 0 Å².